The van der Waals surface area contributed by atoms with E-state index < -0.39 is 35.9 Å². The third-order valence-corrected chi connectivity index (χ3v) is 2.13. The van der Waals surface area contributed by atoms with Gasteiger partial charge >= 0.3 is 11.9 Å². The molecule has 0 spiro atoms. The summed E-state index contributed by atoms with van der Waals surface area (Å²) in [5, 5.41) is 11.2. The van der Waals surface area contributed by atoms with Crippen LogP contribution in [-0.2, 0) is 23.9 Å². The van der Waals surface area contributed by atoms with Crippen LogP contribution >= 0.6 is 0 Å². The largest absolute Gasteiger partial charge is 0.480 e. The molecule has 20 heavy (non-hydrogen) atoms. The van der Waals surface area contributed by atoms with Crippen molar-refractivity contribution in [3.8, 4) is 0 Å². The smallest absolute Gasteiger partial charge is 0.326 e. The zero-order valence-corrected chi connectivity index (χ0v) is 12.2. The molecule has 0 heterocycles. The third kappa shape index (κ3) is 9.07. The van der Waals surface area contributed by atoms with Gasteiger partial charge < -0.3 is 20.0 Å². The highest BCUT2D eigenvalue weighted by molar-refractivity contribution is 5.89. The van der Waals surface area contributed by atoms with Gasteiger partial charge in [-0.1, -0.05) is 0 Å². The summed E-state index contributed by atoms with van der Waals surface area (Å²) in [6.07, 6.45) is -0.531. The van der Waals surface area contributed by atoms with Crippen LogP contribution in [0.25, 0.3) is 0 Å². The van der Waals surface area contributed by atoms with E-state index in [1.807, 2.05) is 0 Å². The van der Waals surface area contributed by atoms with Gasteiger partial charge in [-0.25, -0.2) is 4.79 Å². The summed E-state index contributed by atoms with van der Waals surface area (Å²) in [4.78, 5) is 44.7. The van der Waals surface area contributed by atoms with Crippen molar-refractivity contribution < 1.29 is 29.0 Å². The van der Waals surface area contributed by atoms with Crippen molar-refractivity contribution in [3.63, 3.8) is 0 Å². The molecule has 0 aromatic rings. The number of carbonyl (C=O) groups excluding carboxylic acids is 3. The number of carboxylic acid groups (broad SMARTS) is 1. The molecule has 114 valence electrons. The molecule has 0 saturated heterocycles. The average molecular weight is 287 g/mol. The summed E-state index contributed by atoms with van der Waals surface area (Å²) in [6.45, 7) is 6.31. The maximum atomic E-state index is 11.5. The molecule has 0 rings (SSSR count). The maximum absolute atomic E-state index is 11.5. The van der Waals surface area contributed by atoms with Gasteiger partial charge in [0.25, 0.3) is 0 Å². The van der Waals surface area contributed by atoms with E-state index in [9.17, 15) is 19.2 Å². The second-order valence-corrected chi connectivity index (χ2v) is 5.45. The normalized spacial score (nSPS) is 12.4. The Morgan fingerprint density at radius 2 is 1.70 bits per heavy atom. The summed E-state index contributed by atoms with van der Waals surface area (Å²) in [5.74, 6) is -2.79. The van der Waals surface area contributed by atoms with Gasteiger partial charge in [-0.05, 0) is 27.7 Å². The zero-order valence-electron chi connectivity index (χ0n) is 12.2. The minimum atomic E-state index is -1.36. The fourth-order valence-corrected chi connectivity index (χ4v) is 1.31. The topological polar surface area (TPSA) is 110 Å². The minimum Gasteiger partial charge on any atom is -0.480 e. The SMILES string of the molecule is CC(=O)CCC(=O)NC(CC(=O)OC(C)(C)C)C(=O)O. The van der Waals surface area contributed by atoms with Crippen LogP contribution in [0.5, 0.6) is 0 Å². The Bertz CT molecular complexity index is 396. The van der Waals surface area contributed by atoms with Crippen LogP contribution in [0, 0.1) is 0 Å². The zero-order chi connectivity index (χ0) is 15.9. The van der Waals surface area contributed by atoms with Gasteiger partial charge in [-0.2, -0.15) is 0 Å². The van der Waals surface area contributed by atoms with Crippen molar-refractivity contribution in [2.24, 2.45) is 0 Å². The van der Waals surface area contributed by atoms with Gasteiger partial charge in [0.05, 0.1) is 6.42 Å². The summed E-state index contributed by atoms with van der Waals surface area (Å²) in [5.41, 5.74) is -0.723. The molecule has 7 heteroatoms. The number of hydrogen-bond donors (Lipinski definition) is 2. The van der Waals surface area contributed by atoms with E-state index in [2.05, 4.69) is 5.32 Å². The van der Waals surface area contributed by atoms with Gasteiger partial charge in [0, 0.05) is 12.8 Å². The fraction of sp³-hybridized carbons (Fsp3) is 0.692. The lowest BCUT2D eigenvalue weighted by Gasteiger charge is -2.21. The number of rotatable bonds is 7. The predicted molar refractivity (Wildman–Crippen MR) is 69.9 cm³/mol. The lowest BCUT2D eigenvalue weighted by atomic mass is 10.1. The Morgan fingerprint density at radius 3 is 2.10 bits per heavy atom. The number of nitrogens with one attached hydrogen (secondary N) is 1. The molecule has 0 aromatic carbocycles. The number of Topliss-reactive ketones (excluding diaryl/α,β-unsaturated/α-hetero) is 1. The number of carboxylic acids is 1. The molecule has 2 N–H and O–H groups in total. The van der Waals surface area contributed by atoms with E-state index in [-0.39, 0.29) is 18.6 Å². The molecule has 0 bridgehead atoms. The second-order valence-electron chi connectivity index (χ2n) is 5.45. The van der Waals surface area contributed by atoms with E-state index in [1.165, 1.54) is 6.92 Å². The molecule has 1 atom stereocenters. The monoisotopic (exact) mass is 287 g/mol. The average Bonchev–Trinajstić information content (AvgIpc) is 2.22. The van der Waals surface area contributed by atoms with E-state index in [0.717, 1.165) is 0 Å². The first-order valence-electron chi connectivity index (χ1n) is 6.24. The van der Waals surface area contributed by atoms with Crippen LogP contribution in [0.3, 0.4) is 0 Å². The highest BCUT2D eigenvalue weighted by Gasteiger charge is 2.26. The Labute approximate surface area is 117 Å². The molecule has 1 unspecified atom stereocenters. The molecule has 0 aliphatic carbocycles. The maximum Gasteiger partial charge on any atom is 0.326 e. The van der Waals surface area contributed by atoms with Gasteiger partial charge in [0.1, 0.15) is 17.4 Å². The molecule has 0 aliphatic rings. The Kier molecular flexibility index (Phi) is 6.89. The van der Waals surface area contributed by atoms with Crippen LogP contribution in [-0.4, -0.2) is 40.4 Å². The fourth-order valence-electron chi connectivity index (χ4n) is 1.31. The van der Waals surface area contributed by atoms with Crippen LogP contribution in [0.15, 0.2) is 0 Å². The first kappa shape index (κ1) is 18.1. The van der Waals surface area contributed by atoms with Crippen molar-refractivity contribution in [3.05, 3.63) is 0 Å². The molecule has 0 aromatic heterocycles. The first-order valence-corrected chi connectivity index (χ1v) is 6.24. The number of esters is 1. The minimum absolute atomic E-state index is 0.0324. The molecule has 0 aliphatic heterocycles. The summed E-state index contributed by atoms with van der Waals surface area (Å²) in [7, 11) is 0. The molecule has 0 fully saturated rings. The van der Waals surface area contributed by atoms with Crippen molar-refractivity contribution in [2.75, 3.05) is 0 Å². The molecule has 1 amide bonds. The van der Waals surface area contributed by atoms with E-state index in [0.29, 0.717) is 0 Å². The van der Waals surface area contributed by atoms with Gasteiger partial charge in [-0.3, -0.25) is 9.59 Å². The number of ether oxygens (including phenoxy) is 1. The molecule has 0 saturated carbocycles. The summed E-state index contributed by atoms with van der Waals surface area (Å²) in [6, 6.07) is -1.36. The van der Waals surface area contributed by atoms with Crippen molar-refractivity contribution >= 4 is 23.6 Å². The van der Waals surface area contributed by atoms with Crippen LogP contribution in [0.4, 0.5) is 0 Å². The number of carbonyl (C=O) groups is 4. The molecule has 0 radical (unpaired) electrons. The Morgan fingerprint density at radius 1 is 1.15 bits per heavy atom. The van der Waals surface area contributed by atoms with E-state index in [1.54, 1.807) is 20.8 Å². The molecular weight excluding hydrogens is 266 g/mol. The highest BCUT2D eigenvalue weighted by Crippen LogP contribution is 2.09. The lowest BCUT2D eigenvalue weighted by molar-refractivity contribution is -0.158. The Hall–Kier alpha value is -1.92. The third-order valence-electron chi connectivity index (χ3n) is 2.13. The van der Waals surface area contributed by atoms with Crippen LogP contribution in [0.1, 0.15) is 47.0 Å². The van der Waals surface area contributed by atoms with Crippen molar-refractivity contribution in [2.45, 2.75) is 58.6 Å². The number of amides is 1. The van der Waals surface area contributed by atoms with Crippen LogP contribution in [0.2, 0.25) is 0 Å². The molecule has 7 nitrogen and oxygen atoms in total. The molecular formula is C13H21NO6. The Balaban J connectivity index is 4.44. The van der Waals surface area contributed by atoms with E-state index in [4.69, 9.17) is 9.84 Å². The van der Waals surface area contributed by atoms with Gasteiger partial charge in [0.15, 0.2) is 0 Å². The second kappa shape index (κ2) is 7.62. The van der Waals surface area contributed by atoms with Gasteiger partial charge in [0.2, 0.25) is 5.91 Å². The lowest BCUT2D eigenvalue weighted by Crippen LogP contribution is -2.43. The number of ketones is 1. The van der Waals surface area contributed by atoms with Crippen LogP contribution < -0.4 is 5.32 Å². The van der Waals surface area contributed by atoms with Gasteiger partial charge in [-0.15, -0.1) is 0 Å². The standard InChI is InChI=1S/C13H21NO6/c1-8(15)5-6-10(16)14-9(12(18)19)7-11(17)20-13(2,3)4/h9H,5-7H2,1-4H3,(H,14,16)(H,18,19). The summed E-state index contributed by atoms with van der Waals surface area (Å²) < 4.78 is 4.99. The summed E-state index contributed by atoms with van der Waals surface area (Å²) >= 11 is 0. The van der Waals surface area contributed by atoms with Crippen molar-refractivity contribution in [1.82, 2.24) is 5.32 Å². The quantitative estimate of drug-likeness (QED) is 0.665. The first-order chi connectivity index (χ1) is 9.01. The van der Waals surface area contributed by atoms with E-state index >= 15 is 0 Å². The predicted octanol–water partition coefficient (Wildman–Crippen LogP) is 0.657. The number of aliphatic carboxylic acids is 1. The van der Waals surface area contributed by atoms with Crippen molar-refractivity contribution in [1.29, 1.82) is 0 Å². The number of hydrogen-bond acceptors (Lipinski definition) is 5. The highest BCUT2D eigenvalue weighted by atomic mass is 16.6.